The van der Waals surface area contributed by atoms with Crippen LogP contribution in [0.15, 0.2) is 35.3 Å². The molecule has 34 heavy (non-hydrogen) atoms. The van der Waals surface area contributed by atoms with Crippen molar-refractivity contribution in [1.82, 2.24) is 4.98 Å². The van der Waals surface area contributed by atoms with Crippen LogP contribution < -0.4 is 11.1 Å². The molecule has 2 aromatic rings. The molecule has 5 N–H and O–H groups in total. The van der Waals surface area contributed by atoms with Gasteiger partial charge in [-0.3, -0.25) is 9.79 Å². The zero-order valence-electron chi connectivity index (χ0n) is 19.3. The summed E-state index contributed by atoms with van der Waals surface area (Å²) < 4.78 is 39.0. The van der Waals surface area contributed by atoms with Gasteiger partial charge in [-0.25, -0.2) is 4.98 Å². The van der Waals surface area contributed by atoms with Crippen LogP contribution in [-0.4, -0.2) is 39.0 Å². The number of alkyl halides is 3. The van der Waals surface area contributed by atoms with Crippen molar-refractivity contribution in [2.45, 2.75) is 69.9 Å². The van der Waals surface area contributed by atoms with Gasteiger partial charge in [0.15, 0.2) is 0 Å². The van der Waals surface area contributed by atoms with Crippen molar-refractivity contribution in [3.63, 3.8) is 0 Å². The van der Waals surface area contributed by atoms with E-state index in [9.17, 15) is 28.2 Å². The number of carbonyl (C=O) groups excluding carboxylic acids is 1. The fourth-order valence-corrected chi connectivity index (χ4v) is 3.82. The van der Waals surface area contributed by atoms with Crippen molar-refractivity contribution in [3.8, 4) is 0 Å². The number of halogens is 3. The molecule has 184 valence electrons. The highest BCUT2D eigenvalue weighted by Gasteiger charge is 2.33. The lowest BCUT2D eigenvalue weighted by atomic mass is 9.84. The molecule has 0 saturated heterocycles. The minimum atomic E-state index is -4.69. The number of pyridine rings is 1. The number of hydrogen-bond acceptors (Lipinski definition) is 6. The summed E-state index contributed by atoms with van der Waals surface area (Å²) in [6, 6.07) is 6.09. The highest BCUT2D eigenvalue weighted by molar-refractivity contribution is 6.04. The Labute approximate surface area is 195 Å². The fraction of sp³-hybridized carbons (Fsp3) is 0.458. The van der Waals surface area contributed by atoms with Gasteiger partial charge >= 0.3 is 6.18 Å². The van der Waals surface area contributed by atoms with Crippen LogP contribution in [0.4, 0.5) is 24.5 Å². The number of aromatic nitrogens is 1. The second-order valence-corrected chi connectivity index (χ2v) is 9.45. The van der Waals surface area contributed by atoms with Crippen molar-refractivity contribution in [1.29, 1.82) is 0 Å². The molecule has 3 rings (SSSR count). The number of nitrogens with two attached hydrogens (primary N) is 1. The van der Waals surface area contributed by atoms with Gasteiger partial charge in [0.25, 0.3) is 5.91 Å². The Morgan fingerprint density at radius 2 is 1.91 bits per heavy atom. The summed E-state index contributed by atoms with van der Waals surface area (Å²) >= 11 is 0. The smallest absolute Gasteiger partial charge is 0.398 e. The third kappa shape index (κ3) is 6.32. The van der Waals surface area contributed by atoms with Gasteiger partial charge in [0.2, 0.25) is 0 Å². The molecular formula is C24H29F3N4O3. The first-order valence-electron chi connectivity index (χ1n) is 10.9. The number of benzene rings is 1. The Hall–Kier alpha value is -2.98. The van der Waals surface area contributed by atoms with E-state index in [0.29, 0.717) is 24.1 Å². The number of nitrogen functional groups attached to an aromatic ring is 1. The number of hydrogen-bond donors (Lipinski definition) is 4. The van der Waals surface area contributed by atoms with E-state index >= 15 is 0 Å². The molecule has 1 saturated carbocycles. The quantitative estimate of drug-likeness (QED) is 0.378. The van der Waals surface area contributed by atoms with Crippen molar-refractivity contribution in [3.05, 3.63) is 52.8 Å². The number of carbonyl (C=O) groups is 1. The molecule has 0 radical (unpaired) electrons. The molecule has 0 unspecified atom stereocenters. The van der Waals surface area contributed by atoms with E-state index < -0.39 is 34.7 Å². The summed E-state index contributed by atoms with van der Waals surface area (Å²) in [6.07, 6.45) is -0.412. The standard InChI is InChI=1S/C24H29F3N4O3/c1-22(2,33)16-12-17(28)14(13-29-15-7-9-23(3,34)10-8-15)11-19(16)31-21(32)18-5-4-6-20(30-18)24(25,26)27/h4-6,11-13,15,33-34H,7-10,28H2,1-3H3,(H,31,32). The van der Waals surface area contributed by atoms with Crippen LogP contribution >= 0.6 is 0 Å². The number of anilines is 2. The highest BCUT2D eigenvalue weighted by atomic mass is 19.4. The average Bonchev–Trinajstić information content (AvgIpc) is 2.73. The number of nitrogens with zero attached hydrogens (tertiary/aromatic N) is 2. The lowest BCUT2D eigenvalue weighted by Crippen LogP contribution is -2.31. The molecule has 0 spiro atoms. The fourth-order valence-electron chi connectivity index (χ4n) is 3.82. The van der Waals surface area contributed by atoms with Gasteiger partial charge in [-0.15, -0.1) is 0 Å². The molecule has 0 bridgehead atoms. The van der Waals surface area contributed by atoms with Gasteiger partial charge in [-0.1, -0.05) is 6.07 Å². The Bertz CT molecular complexity index is 1080. The van der Waals surface area contributed by atoms with Crippen LogP contribution in [0.5, 0.6) is 0 Å². The molecule has 1 heterocycles. The molecular weight excluding hydrogens is 449 g/mol. The van der Waals surface area contributed by atoms with Gasteiger partial charge < -0.3 is 21.3 Å². The normalized spacial score (nSPS) is 21.6. The zero-order chi connectivity index (χ0) is 25.3. The first-order chi connectivity index (χ1) is 15.7. The minimum absolute atomic E-state index is 0.0148. The van der Waals surface area contributed by atoms with Gasteiger partial charge in [0.05, 0.1) is 17.2 Å². The van der Waals surface area contributed by atoms with Crippen LogP contribution in [-0.2, 0) is 11.8 Å². The van der Waals surface area contributed by atoms with Crippen molar-refractivity contribution in [2.75, 3.05) is 11.1 Å². The predicted molar refractivity (Wildman–Crippen MR) is 124 cm³/mol. The monoisotopic (exact) mass is 478 g/mol. The maximum Gasteiger partial charge on any atom is 0.433 e. The van der Waals surface area contributed by atoms with Gasteiger partial charge in [-0.05, 0) is 70.7 Å². The first-order valence-corrected chi connectivity index (χ1v) is 10.9. The van der Waals surface area contributed by atoms with Crippen LogP contribution in [0.2, 0.25) is 0 Å². The molecule has 0 aliphatic heterocycles. The number of aliphatic hydroxyl groups is 2. The summed E-state index contributed by atoms with van der Waals surface area (Å²) in [6.45, 7) is 4.80. The number of aliphatic imine (C=N–C) groups is 1. The van der Waals surface area contributed by atoms with Crippen LogP contribution in [0, 0.1) is 0 Å². The zero-order valence-corrected chi connectivity index (χ0v) is 19.3. The van der Waals surface area contributed by atoms with Crippen LogP contribution in [0.3, 0.4) is 0 Å². The van der Waals surface area contributed by atoms with E-state index in [0.717, 1.165) is 25.0 Å². The van der Waals surface area contributed by atoms with Gasteiger partial charge in [-0.2, -0.15) is 13.2 Å². The molecule has 0 atom stereocenters. The third-order valence-corrected chi connectivity index (χ3v) is 5.86. The number of amides is 1. The number of nitrogens with one attached hydrogen (secondary N) is 1. The summed E-state index contributed by atoms with van der Waals surface area (Å²) in [4.78, 5) is 20.7. The van der Waals surface area contributed by atoms with Crippen molar-refractivity contribution in [2.24, 2.45) is 4.99 Å². The molecule has 1 fully saturated rings. The summed E-state index contributed by atoms with van der Waals surface area (Å²) in [5.74, 6) is -0.862. The Kier molecular flexibility index (Phi) is 7.05. The van der Waals surface area contributed by atoms with Crippen LogP contribution in [0.25, 0.3) is 0 Å². The van der Waals surface area contributed by atoms with E-state index in [1.165, 1.54) is 32.0 Å². The average molecular weight is 479 g/mol. The topological polar surface area (TPSA) is 121 Å². The minimum Gasteiger partial charge on any atom is -0.398 e. The Morgan fingerprint density at radius 1 is 1.26 bits per heavy atom. The second kappa shape index (κ2) is 9.34. The summed E-state index contributed by atoms with van der Waals surface area (Å²) in [7, 11) is 0. The maximum absolute atomic E-state index is 13.0. The van der Waals surface area contributed by atoms with E-state index in [2.05, 4.69) is 15.3 Å². The van der Waals surface area contributed by atoms with Crippen molar-refractivity contribution >= 4 is 23.5 Å². The maximum atomic E-state index is 13.0. The molecule has 7 nitrogen and oxygen atoms in total. The second-order valence-electron chi connectivity index (χ2n) is 9.45. The Morgan fingerprint density at radius 3 is 2.50 bits per heavy atom. The molecule has 1 aromatic carbocycles. The molecule has 1 aliphatic rings. The summed E-state index contributed by atoms with van der Waals surface area (Å²) in [5.41, 5.74) is 3.75. The molecule has 1 aromatic heterocycles. The summed E-state index contributed by atoms with van der Waals surface area (Å²) in [5, 5.41) is 23.2. The number of rotatable bonds is 5. The SMILES string of the molecule is CC1(O)CCC(N=Cc2cc(NC(=O)c3cccc(C(F)(F)F)n3)c(C(C)(C)O)cc2N)CC1. The molecule has 1 aliphatic carbocycles. The lowest BCUT2D eigenvalue weighted by Gasteiger charge is -2.31. The third-order valence-electron chi connectivity index (χ3n) is 5.86. The molecule has 10 heteroatoms. The van der Waals surface area contributed by atoms with Gasteiger partial charge in [0.1, 0.15) is 11.4 Å². The van der Waals surface area contributed by atoms with E-state index in [1.54, 1.807) is 13.1 Å². The van der Waals surface area contributed by atoms with E-state index in [-0.39, 0.29) is 17.3 Å². The lowest BCUT2D eigenvalue weighted by molar-refractivity contribution is -0.141. The largest absolute Gasteiger partial charge is 0.433 e. The predicted octanol–water partition coefficient (Wildman–Crippen LogP) is 4.27. The van der Waals surface area contributed by atoms with Crippen molar-refractivity contribution < 1.29 is 28.2 Å². The highest BCUT2D eigenvalue weighted by Crippen LogP contribution is 2.33. The first kappa shape index (κ1) is 25.6. The van der Waals surface area contributed by atoms with E-state index in [1.807, 2.05) is 0 Å². The van der Waals surface area contributed by atoms with E-state index in [4.69, 9.17) is 5.73 Å². The Balaban J connectivity index is 1.90. The van der Waals surface area contributed by atoms with Crippen LogP contribution in [0.1, 0.15) is 73.8 Å². The van der Waals surface area contributed by atoms with Gasteiger partial charge in [0, 0.05) is 28.7 Å². The molecule has 1 amide bonds.